The SMILES string of the molecule is CN(C)C(=O)CN1CCCN(CC(=O)Nc2cccc(S(=O)(=O)N3CCOCC3)c2)CC1. The summed E-state index contributed by atoms with van der Waals surface area (Å²) in [4.78, 5) is 30.5. The number of nitrogens with zero attached hydrogens (tertiary/aromatic N) is 4. The van der Waals surface area contributed by atoms with Gasteiger partial charge in [0.25, 0.3) is 0 Å². The summed E-state index contributed by atoms with van der Waals surface area (Å²) in [5, 5.41) is 2.82. The fourth-order valence-corrected chi connectivity index (χ4v) is 5.20. The maximum atomic E-state index is 12.8. The average Bonchev–Trinajstić information content (AvgIpc) is 2.99. The Hall–Kier alpha value is -2.05. The first-order valence-corrected chi connectivity index (χ1v) is 12.3. The minimum atomic E-state index is -3.62. The largest absolute Gasteiger partial charge is 0.379 e. The summed E-state index contributed by atoms with van der Waals surface area (Å²) in [5.41, 5.74) is 0.456. The van der Waals surface area contributed by atoms with E-state index in [1.54, 1.807) is 37.2 Å². The van der Waals surface area contributed by atoms with Crippen LogP contribution in [0.5, 0.6) is 0 Å². The Labute approximate surface area is 190 Å². The minimum absolute atomic E-state index is 0.0723. The summed E-state index contributed by atoms with van der Waals surface area (Å²) in [7, 11) is -0.124. The van der Waals surface area contributed by atoms with E-state index in [1.807, 2.05) is 0 Å². The Morgan fingerprint density at radius 2 is 1.66 bits per heavy atom. The van der Waals surface area contributed by atoms with Gasteiger partial charge in [-0.1, -0.05) is 6.07 Å². The molecule has 2 aliphatic heterocycles. The highest BCUT2D eigenvalue weighted by molar-refractivity contribution is 7.89. The van der Waals surface area contributed by atoms with Crippen LogP contribution in [0, 0.1) is 0 Å². The van der Waals surface area contributed by atoms with Crippen LogP contribution in [0.25, 0.3) is 0 Å². The maximum Gasteiger partial charge on any atom is 0.243 e. The number of carbonyl (C=O) groups excluding carboxylic acids is 2. The smallest absolute Gasteiger partial charge is 0.243 e. The summed E-state index contributed by atoms with van der Waals surface area (Å²) >= 11 is 0. The second kappa shape index (κ2) is 11.2. The number of hydrogen-bond acceptors (Lipinski definition) is 7. The Morgan fingerprint density at radius 3 is 2.31 bits per heavy atom. The van der Waals surface area contributed by atoms with E-state index < -0.39 is 10.0 Å². The second-order valence-electron chi connectivity index (χ2n) is 8.29. The van der Waals surface area contributed by atoms with Crippen LogP contribution < -0.4 is 5.32 Å². The van der Waals surface area contributed by atoms with Crippen LogP contribution in [0.4, 0.5) is 5.69 Å². The third kappa shape index (κ3) is 6.72. The van der Waals surface area contributed by atoms with E-state index in [4.69, 9.17) is 4.74 Å². The van der Waals surface area contributed by atoms with Gasteiger partial charge in [-0.25, -0.2) is 8.42 Å². The number of nitrogens with one attached hydrogen (secondary N) is 1. The quantitative estimate of drug-likeness (QED) is 0.590. The van der Waals surface area contributed by atoms with E-state index >= 15 is 0 Å². The fraction of sp³-hybridized carbons (Fsp3) is 0.619. The number of amides is 2. The molecule has 0 atom stereocenters. The summed E-state index contributed by atoms with van der Waals surface area (Å²) in [6.07, 6.45) is 0.876. The normalized spacial score (nSPS) is 19.3. The summed E-state index contributed by atoms with van der Waals surface area (Å²) in [5.74, 6) is -0.119. The molecule has 1 aromatic rings. The van der Waals surface area contributed by atoms with Crippen molar-refractivity contribution in [3.8, 4) is 0 Å². The van der Waals surface area contributed by atoms with Crippen LogP contribution in [0.3, 0.4) is 0 Å². The molecule has 2 fully saturated rings. The molecule has 2 amide bonds. The lowest BCUT2D eigenvalue weighted by molar-refractivity contribution is -0.129. The van der Waals surface area contributed by atoms with E-state index in [-0.39, 0.29) is 23.3 Å². The van der Waals surface area contributed by atoms with Crippen LogP contribution in [0.15, 0.2) is 29.2 Å². The molecule has 2 aliphatic rings. The number of rotatable bonds is 7. The lowest BCUT2D eigenvalue weighted by atomic mass is 10.3. The van der Waals surface area contributed by atoms with Gasteiger partial charge in [0.05, 0.1) is 31.2 Å². The van der Waals surface area contributed by atoms with Crippen molar-refractivity contribution in [1.82, 2.24) is 19.0 Å². The van der Waals surface area contributed by atoms with Gasteiger partial charge in [-0.2, -0.15) is 4.31 Å². The Bertz CT molecular complexity index is 902. The van der Waals surface area contributed by atoms with Crippen molar-refractivity contribution < 1.29 is 22.7 Å². The molecule has 10 nitrogen and oxygen atoms in total. The van der Waals surface area contributed by atoms with E-state index in [9.17, 15) is 18.0 Å². The average molecular weight is 468 g/mol. The molecule has 3 rings (SSSR count). The first-order valence-electron chi connectivity index (χ1n) is 10.9. The molecule has 0 saturated carbocycles. The van der Waals surface area contributed by atoms with Gasteiger partial charge in [-0.3, -0.25) is 19.4 Å². The molecule has 0 bridgehead atoms. The summed E-state index contributed by atoms with van der Waals surface area (Å²) in [6.45, 7) is 5.02. The molecule has 11 heteroatoms. The van der Waals surface area contributed by atoms with Gasteiger partial charge in [0.1, 0.15) is 0 Å². The van der Waals surface area contributed by atoms with E-state index in [1.165, 1.54) is 10.4 Å². The van der Waals surface area contributed by atoms with Crippen molar-refractivity contribution in [3.63, 3.8) is 0 Å². The van der Waals surface area contributed by atoms with Crippen molar-refractivity contribution >= 4 is 27.5 Å². The van der Waals surface area contributed by atoms with Crippen LogP contribution in [0.2, 0.25) is 0 Å². The molecular formula is C21H33N5O5S. The van der Waals surface area contributed by atoms with E-state index in [0.29, 0.717) is 45.1 Å². The van der Waals surface area contributed by atoms with Gasteiger partial charge >= 0.3 is 0 Å². The van der Waals surface area contributed by atoms with Gasteiger partial charge in [-0.15, -0.1) is 0 Å². The lowest BCUT2D eigenvalue weighted by Crippen LogP contribution is -2.40. The molecule has 0 unspecified atom stereocenters. The Balaban J connectivity index is 1.54. The van der Waals surface area contributed by atoms with Gasteiger partial charge in [0.15, 0.2) is 0 Å². The third-order valence-corrected chi connectivity index (χ3v) is 7.53. The van der Waals surface area contributed by atoms with Crippen molar-refractivity contribution in [3.05, 3.63) is 24.3 Å². The molecule has 178 valence electrons. The molecule has 1 aromatic carbocycles. The highest BCUT2D eigenvalue weighted by Crippen LogP contribution is 2.20. The molecule has 0 radical (unpaired) electrons. The minimum Gasteiger partial charge on any atom is -0.379 e. The number of benzene rings is 1. The second-order valence-corrected chi connectivity index (χ2v) is 10.2. The number of sulfonamides is 1. The molecule has 0 aromatic heterocycles. The van der Waals surface area contributed by atoms with Crippen LogP contribution in [0.1, 0.15) is 6.42 Å². The van der Waals surface area contributed by atoms with Gasteiger partial charge in [-0.05, 0) is 37.7 Å². The van der Waals surface area contributed by atoms with Crippen molar-refractivity contribution in [1.29, 1.82) is 0 Å². The topological polar surface area (TPSA) is 102 Å². The molecule has 2 saturated heterocycles. The maximum absolute atomic E-state index is 12.8. The number of carbonyl (C=O) groups is 2. The van der Waals surface area contributed by atoms with Crippen LogP contribution in [-0.4, -0.2) is 119 Å². The first-order chi connectivity index (χ1) is 15.3. The molecule has 0 aliphatic carbocycles. The van der Waals surface area contributed by atoms with E-state index in [0.717, 1.165) is 26.1 Å². The predicted octanol–water partition coefficient (Wildman–Crippen LogP) is -0.258. The molecule has 2 heterocycles. The molecule has 1 N–H and O–H groups in total. The number of ether oxygens (including phenoxy) is 1. The highest BCUT2D eigenvalue weighted by atomic mass is 32.2. The lowest BCUT2D eigenvalue weighted by Gasteiger charge is -2.26. The molecule has 0 spiro atoms. The zero-order valence-electron chi connectivity index (χ0n) is 18.8. The number of anilines is 1. The summed E-state index contributed by atoms with van der Waals surface area (Å²) < 4.78 is 32.3. The van der Waals surface area contributed by atoms with Gasteiger partial charge in [0, 0.05) is 46.0 Å². The Morgan fingerprint density at radius 1 is 1.00 bits per heavy atom. The molecular weight excluding hydrogens is 434 g/mol. The van der Waals surface area contributed by atoms with Crippen molar-refractivity contribution in [2.75, 3.05) is 85.0 Å². The van der Waals surface area contributed by atoms with Gasteiger partial charge in [0.2, 0.25) is 21.8 Å². The van der Waals surface area contributed by atoms with Crippen LogP contribution >= 0.6 is 0 Å². The van der Waals surface area contributed by atoms with Crippen LogP contribution in [-0.2, 0) is 24.3 Å². The van der Waals surface area contributed by atoms with Gasteiger partial charge < -0.3 is 15.0 Å². The first kappa shape index (κ1) is 24.6. The van der Waals surface area contributed by atoms with Crippen molar-refractivity contribution in [2.45, 2.75) is 11.3 Å². The number of likely N-dealkylation sites (N-methyl/N-ethyl adjacent to an activating group) is 1. The number of morpholine rings is 1. The summed E-state index contributed by atoms with van der Waals surface area (Å²) in [6, 6.07) is 6.36. The highest BCUT2D eigenvalue weighted by Gasteiger charge is 2.26. The zero-order valence-corrected chi connectivity index (χ0v) is 19.6. The monoisotopic (exact) mass is 467 g/mol. The Kier molecular flexibility index (Phi) is 8.60. The standard InChI is InChI=1S/C21H33N5O5S/c1-23(2)21(28)17-25-8-4-7-24(9-10-25)16-20(27)22-18-5-3-6-19(15-18)32(29,30)26-11-13-31-14-12-26/h3,5-6,15H,4,7-14,16-17H2,1-2H3,(H,22,27). The third-order valence-electron chi connectivity index (χ3n) is 5.63. The van der Waals surface area contributed by atoms with E-state index in [2.05, 4.69) is 15.1 Å². The molecule has 32 heavy (non-hydrogen) atoms. The fourth-order valence-electron chi connectivity index (χ4n) is 3.75. The zero-order chi connectivity index (χ0) is 23.1. The predicted molar refractivity (Wildman–Crippen MR) is 121 cm³/mol. The number of hydrogen-bond donors (Lipinski definition) is 1. The van der Waals surface area contributed by atoms with Crippen molar-refractivity contribution in [2.24, 2.45) is 0 Å².